The van der Waals surface area contributed by atoms with E-state index in [1.54, 1.807) is 0 Å². The Morgan fingerprint density at radius 1 is 1.23 bits per heavy atom. The summed E-state index contributed by atoms with van der Waals surface area (Å²) in [5, 5.41) is 6.54. The summed E-state index contributed by atoms with van der Waals surface area (Å²) in [4.78, 5) is 12.6. The number of ether oxygens (including phenoxy) is 1. The predicted molar refractivity (Wildman–Crippen MR) is 108 cm³/mol. The number of rotatable bonds is 5. The lowest BCUT2D eigenvalue weighted by Crippen LogP contribution is -2.22. The fraction of sp³-hybridized carbons (Fsp3) is 0.238. The van der Waals surface area contributed by atoms with Crippen molar-refractivity contribution in [1.82, 2.24) is 9.78 Å². The number of nitrogens with zero attached hydrogens (tertiary/aromatic N) is 2. The van der Waals surface area contributed by atoms with Gasteiger partial charge in [-0.15, -0.1) is 0 Å². The highest BCUT2D eigenvalue weighted by atomic mass is 79.9. The van der Waals surface area contributed by atoms with Crippen LogP contribution in [0.3, 0.4) is 0 Å². The molecule has 4 nitrogen and oxygen atoms in total. The van der Waals surface area contributed by atoms with Crippen molar-refractivity contribution in [2.24, 2.45) is 0 Å². The molecule has 0 unspecified atom stereocenters. The van der Waals surface area contributed by atoms with Gasteiger partial charge in [0.2, 0.25) is 0 Å². The zero-order chi connectivity index (χ0) is 18.8. The van der Waals surface area contributed by atoms with Crippen LogP contribution in [0, 0.1) is 13.8 Å². The van der Waals surface area contributed by atoms with Gasteiger partial charge >= 0.3 is 0 Å². The fourth-order valence-corrected chi connectivity index (χ4v) is 3.61. The standard InChI is InChI=1S/C21H21BrN2O2/c1-13(2)11-18-14(3)23-24(15(18)4)20(25)12-26-19-10-9-16-7-5-6-8-17(16)21(19)22/h5-10H,1,11-12H2,2-4H3. The van der Waals surface area contributed by atoms with Crippen LogP contribution in [0.5, 0.6) is 5.75 Å². The van der Waals surface area contributed by atoms with Crippen molar-refractivity contribution in [3.63, 3.8) is 0 Å². The molecule has 0 aliphatic heterocycles. The summed E-state index contributed by atoms with van der Waals surface area (Å²) in [6, 6.07) is 11.9. The maximum atomic E-state index is 12.6. The number of aromatic nitrogens is 2. The highest BCUT2D eigenvalue weighted by molar-refractivity contribution is 9.10. The number of aryl methyl sites for hydroxylation is 1. The van der Waals surface area contributed by atoms with Crippen molar-refractivity contribution < 1.29 is 9.53 Å². The molecule has 0 saturated heterocycles. The monoisotopic (exact) mass is 412 g/mol. The van der Waals surface area contributed by atoms with E-state index in [0.29, 0.717) is 5.75 Å². The number of fused-ring (bicyclic) bond motifs is 1. The average Bonchev–Trinajstić information content (AvgIpc) is 2.89. The first-order valence-electron chi connectivity index (χ1n) is 8.41. The van der Waals surface area contributed by atoms with E-state index in [9.17, 15) is 4.79 Å². The second kappa shape index (κ2) is 7.46. The summed E-state index contributed by atoms with van der Waals surface area (Å²) >= 11 is 3.58. The number of hydrogen-bond donors (Lipinski definition) is 0. The van der Waals surface area contributed by atoms with Gasteiger partial charge in [-0.05, 0) is 60.0 Å². The van der Waals surface area contributed by atoms with Gasteiger partial charge in [0.05, 0.1) is 10.2 Å². The molecular weight excluding hydrogens is 392 g/mol. The van der Waals surface area contributed by atoms with E-state index >= 15 is 0 Å². The number of halogens is 1. The minimum atomic E-state index is -0.196. The Labute approximate surface area is 161 Å². The molecule has 0 aliphatic rings. The van der Waals surface area contributed by atoms with Crippen LogP contribution in [0.25, 0.3) is 10.8 Å². The third kappa shape index (κ3) is 3.58. The van der Waals surface area contributed by atoms with E-state index in [1.807, 2.05) is 57.2 Å². The minimum Gasteiger partial charge on any atom is -0.482 e. The number of allylic oxidation sites excluding steroid dienone is 1. The summed E-state index contributed by atoms with van der Waals surface area (Å²) in [5.41, 5.74) is 3.79. The molecule has 134 valence electrons. The Bertz CT molecular complexity index is 1000. The molecule has 0 bridgehead atoms. The van der Waals surface area contributed by atoms with Crippen LogP contribution in [0.2, 0.25) is 0 Å². The molecule has 1 heterocycles. The highest BCUT2D eigenvalue weighted by Crippen LogP contribution is 2.33. The first-order valence-corrected chi connectivity index (χ1v) is 9.20. The molecule has 5 heteroatoms. The molecule has 0 fully saturated rings. The maximum Gasteiger partial charge on any atom is 0.284 e. The molecule has 0 saturated carbocycles. The Morgan fingerprint density at radius 3 is 2.69 bits per heavy atom. The lowest BCUT2D eigenvalue weighted by molar-refractivity contribution is 0.0817. The molecule has 1 aromatic heterocycles. The summed E-state index contributed by atoms with van der Waals surface area (Å²) in [6.45, 7) is 9.66. The van der Waals surface area contributed by atoms with Gasteiger partial charge in [0.15, 0.2) is 6.61 Å². The van der Waals surface area contributed by atoms with E-state index in [2.05, 4.69) is 27.6 Å². The smallest absolute Gasteiger partial charge is 0.284 e. The largest absolute Gasteiger partial charge is 0.482 e. The van der Waals surface area contributed by atoms with Gasteiger partial charge < -0.3 is 4.74 Å². The summed E-state index contributed by atoms with van der Waals surface area (Å²) in [5.74, 6) is 0.444. The van der Waals surface area contributed by atoms with Crippen LogP contribution < -0.4 is 4.74 Å². The normalized spacial score (nSPS) is 10.9. The average molecular weight is 413 g/mol. The number of hydrogen-bond acceptors (Lipinski definition) is 3. The van der Waals surface area contributed by atoms with E-state index in [-0.39, 0.29) is 12.5 Å². The third-order valence-corrected chi connectivity index (χ3v) is 5.15. The first kappa shape index (κ1) is 18.4. The Balaban J connectivity index is 1.79. The summed E-state index contributed by atoms with van der Waals surface area (Å²) < 4.78 is 8.05. The molecule has 0 aliphatic carbocycles. The van der Waals surface area contributed by atoms with Gasteiger partial charge in [0, 0.05) is 11.3 Å². The van der Waals surface area contributed by atoms with Crippen LogP contribution >= 0.6 is 15.9 Å². The second-order valence-electron chi connectivity index (χ2n) is 6.48. The topological polar surface area (TPSA) is 44.1 Å². The van der Waals surface area contributed by atoms with Crippen LogP contribution in [0.4, 0.5) is 0 Å². The lowest BCUT2D eigenvalue weighted by atomic mass is 10.1. The molecule has 0 radical (unpaired) electrons. The first-order chi connectivity index (χ1) is 12.4. The predicted octanol–water partition coefficient (Wildman–Crippen LogP) is 5.25. The van der Waals surface area contributed by atoms with Crippen molar-refractivity contribution >= 4 is 32.6 Å². The Morgan fingerprint density at radius 2 is 1.96 bits per heavy atom. The fourth-order valence-electron chi connectivity index (χ4n) is 3.00. The SMILES string of the molecule is C=C(C)Cc1c(C)nn(C(=O)COc2ccc3ccccc3c2Br)c1C. The molecule has 0 amide bonds. The second-order valence-corrected chi connectivity index (χ2v) is 7.27. The number of benzene rings is 2. The molecule has 26 heavy (non-hydrogen) atoms. The lowest BCUT2D eigenvalue weighted by Gasteiger charge is -2.10. The molecular formula is C21H21BrN2O2. The van der Waals surface area contributed by atoms with Crippen molar-refractivity contribution in [3.8, 4) is 5.75 Å². The quantitative estimate of drug-likeness (QED) is 0.537. The number of carbonyl (C=O) groups is 1. The molecule has 0 spiro atoms. The maximum absolute atomic E-state index is 12.6. The van der Waals surface area contributed by atoms with E-state index in [0.717, 1.165) is 44.2 Å². The van der Waals surface area contributed by atoms with Gasteiger partial charge in [-0.1, -0.05) is 42.5 Å². The van der Waals surface area contributed by atoms with Crippen LogP contribution in [-0.2, 0) is 6.42 Å². The highest BCUT2D eigenvalue weighted by Gasteiger charge is 2.17. The van der Waals surface area contributed by atoms with Gasteiger partial charge in [-0.25, -0.2) is 4.68 Å². The molecule has 3 aromatic rings. The van der Waals surface area contributed by atoms with Crippen molar-refractivity contribution in [2.45, 2.75) is 27.2 Å². The summed E-state index contributed by atoms with van der Waals surface area (Å²) in [7, 11) is 0. The Kier molecular flexibility index (Phi) is 5.28. The molecule has 3 rings (SSSR count). The minimum absolute atomic E-state index is 0.0780. The van der Waals surface area contributed by atoms with E-state index in [1.165, 1.54) is 4.68 Å². The van der Waals surface area contributed by atoms with E-state index < -0.39 is 0 Å². The zero-order valence-corrected chi connectivity index (χ0v) is 16.8. The van der Waals surface area contributed by atoms with Crippen molar-refractivity contribution in [3.05, 3.63) is 70.0 Å². The van der Waals surface area contributed by atoms with E-state index in [4.69, 9.17) is 4.74 Å². The molecule has 0 N–H and O–H groups in total. The van der Waals surface area contributed by atoms with Gasteiger partial charge in [0.25, 0.3) is 5.91 Å². The van der Waals surface area contributed by atoms with Crippen LogP contribution in [0.15, 0.2) is 53.0 Å². The Hall–Kier alpha value is -2.40. The van der Waals surface area contributed by atoms with Gasteiger partial charge in [-0.2, -0.15) is 5.10 Å². The zero-order valence-electron chi connectivity index (χ0n) is 15.2. The van der Waals surface area contributed by atoms with Crippen molar-refractivity contribution in [2.75, 3.05) is 6.61 Å². The molecule has 0 atom stereocenters. The number of carbonyl (C=O) groups excluding carboxylic acids is 1. The van der Waals surface area contributed by atoms with Crippen LogP contribution in [0.1, 0.15) is 28.7 Å². The van der Waals surface area contributed by atoms with Crippen molar-refractivity contribution in [1.29, 1.82) is 0 Å². The van der Waals surface area contributed by atoms with Gasteiger partial charge in [-0.3, -0.25) is 4.79 Å². The van der Waals surface area contributed by atoms with Crippen LogP contribution in [-0.4, -0.2) is 22.3 Å². The molecule has 2 aromatic carbocycles. The van der Waals surface area contributed by atoms with Gasteiger partial charge in [0.1, 0.15) is 5.75 Å². The summed E-state index contributed by atoms with van der Waals surface area (Å²) in [6.07, 6.45) is 0.724. The third-order valence-electron chi connectivity index (χ3n) is 4.33.